The summed E-state index contributed by atoms with van der Waals surface area (Å²) in [6.45, 7) is 9.88. The molecule has 0 aliphatic carbocycles. The molecule has 2 nitrogen and oxygen atoms in total. The van der Waals surface area contributed by atoms with Gasteiger partial charge in [-0.05, 0) is 38.8 Å². The molecular formula is C16H23NOS. The van der Waals surface area contributed by atoms with E-state index in [0.717, 1.165) is 13.1 Å². The van der Waals surface area contributed by atoms with Crippen molar-refractivity contribution in [2.45, 2.75) is 49.0 Å². The lowest BCUT2D eigenvalue weighted by Gasteiger charge is -2.42. The van der Waals surface area contributed by atoms with Gasteiger partial charge < -0.3 is 4.74 Å². The molecule has 19 heavy (non-hydrogen) atoms. The second-order valence-electron chi connectivity index (χ2n) is 6.43. The molecule has 1 fully saturated rings. The molecule has 0 radical (unpaired) electrons. The number of thioether (sulfide) groups is 1. The van der Waals surface area contributed by atoms with Crippen LogP contribution in [0, 0.1) is 0 Å². The second-order valence-corrected chi connectivity index (χ2v) is 7.78. The minimum Gasteiger partial charge on any atom is -0.370 e. The maximum Gasteiger partial charge on any atom is 0.0757 e. The number of nitrogens with zero attached hydrogens (tertiary/aromatic N) is 1. The molecule has 0 amide bonds. The van der Waals surface area contributed by atoms with Crippen LogP contribution in [-0.4, -0.2) is 41.5 Å². The minimum absolute atomic E-state index is 0.00616. The molecule has 3 heteroatoms. The minimum atomic E-state index is -0.00616. The van der Waals surface area contributed by atoms with Crippen molar-refractivity contribution in [3.8, 4) is 0 Å². The van der Waals surface area contributed by atoms with Crippen LogP contribution in [-0.2, 0) is 11.2 Å². The number of morpholine rings is 1. The molecule has 3 rings (SSSR count). The summed E-state index contributed by atoms with van der Waals surface area (Å²) < 4.78 is 5.98. The molecular weight excluding hydrogens is 254 g/mol. The van der Waals surface area contributed by atoms with E-state index in [2.05, 4.69) is 49.9 Å². The van der Waals surface area contributed by atoms with Crippen molar-refractivity contribution in [2.24, 2.45) is 0 Å². The summed E-state index contributed by atoms with van der Waals surface area (Å²) in [4.78, 5) is 4.06. The average Bonchev–Trinajstić information content (AvgIpc) is 2.67. The molecule has 0 aromatic heterocycles. The molecule has 1 aromatic carbocycles. The highest BCUT2D eigenvalue weighted by atomic mass is 32.2. The Labute approximate surface area is 120 Å². The van der Waals surface area contributed by atoms with Crippen LogP contribution < -0.4 is 0 Å². The van der Waals surface area contributed by atoms with Crippen LogP contribution in [0.4, 0.5) is 0 Å². The van der Waals surface area contributed by atoms with Gasteiger partial charge in [-0.2, -0.15) is 0 Å². The third-order valence-electron chi connectivity index (χ3n) is 3.82. The summed E-state index contributed by atoms with van der Waals surface area (Å²) in [5.41, 5.74) is 1.52. The highest BCUT2D eigenvalue weighted by Gasteiger charge is 2.33. The van der Waals surface area contributed by atoms with Crippen molar-refractivity contribution in [1.82, 2.24) is 4.90 Å². The lowest BCUT2D eigenvalue weighted by molar-refractivity contribution is -0.128. The highest BCUT2D eigenvalue weighted by molar-refractivity contribution is 8.00. The molecule has 2 heterocycles. The van der Waals surface area contributed by atoms with Crippen LogP contribution in [0.3, 0.4) is 0 Å². The first-order chi connectivity index (χ1) is 9.02. The summed E-state index contributed by atoms with van der Waals surface area (Å²) in [6, 6.07) is 8.83. The molecule has 0 saturated carbocycles. The summed E-state index contributed by atoms with van der Waals surface area (Å²) in [7, 11) is 0. The van der Waals surface area contributed by atoms with Crippen molar-refractivity contribution in [1.29, 1.82) is 0 Å². The smallest absolute Gasteiger partial charge is 0.0757 e. The zero-order chi connectivity index (χ0) is 13.5. The Morgan fingerprint density at radius 2 is 2.16 bits per heavy atom. The van der Waals surface area contributed by atoms with Crippen LogP contribution in [0.1, 0.15) is 26.3 Å². The van der Waals surface area contributed by atoms with Gasteiger partial charge in [-0.25, -0.2) is 0 Å². The first-order valence-electron chi connectivity index (χ1n) is 7.16. The summed E-state index contributed by atoms with van der Waals surface area (Å²) in [5, 5.41) is 0.707. The van der Waals surface area contributed by atoms with Crippen LogP contribution >= 0.6 is 11.8 Å². The Morgan fingerprint density at radius 3 is 2.89 bits per heavy atom. The van der Waals surface area contributed by atoms with Gasteiger partial charge in [-0.1, -0.05) is 18.2 Å². The van der Waals surface area contributed by atoms with Crippen LogP contribution in [0.5, 0.6) is 0 Å². The molecule has 2 unspecified atom stereocenters. The van der Waals surface area contributed by atoms with E-state index in [9.17, 15) is 0 Å². The standard InChI is InChI=1S/C16H23NOS/c1-12-9-17(11-16(2,3)18-12)10-14-8-13-6-4-5-7-15(13)19-14/h4-7,12,14H,8-11H2,1-3H3. The largest absolute Gasteiger partial charge is 0.370 e. The van der Waals surface area contributed by atoms with Gasteiger partial charge in [0.05, 0.1) is 11.7 Å². The molecule has 104 valence electrons. The average molecular weight is 277 g/mol. The first kappa shape index (κ1) is 13.5. The highest BCUT2D eigenvalue weighted by Crippen LogP contribution is 2.37. The van der Waals surface area contributed by atoms with Crippen LogP contribution in [0.15, 0.2) is 29.2 Å². The van der Waals surface area contributed by atoms with Crippen LogP contribution in [0.2, 0.25) is 0 Å². The monoisotopic (exact) mass is 277 g/mol. The number of hydrogen-bond donors (Lipinski definition) is 0. The first-order valence-corrected chi connectivity index (χ1v) is 8.04. The number of ether oxygens (including phenoxy) is 1. The van der Waals surface area contributed by atoms with Crippen molar-refractivity contribution in [3.05, 3.63) is 29.8 Å². The van der Waals surface area contributed by atoms with Crippen LogP contribution in [0.25, 0.3) is 0 Å². The molecule has 2 aliphatic heterocycles. The van der Waals surface area contributed by atoms with E-state index >= 15 is 0 Å². The van der Waals surface area contributed by atoms with E-state index in [4.69, 9.17) is 4.74 Å². The predicted octanol–water partition coefficient (Wildman–Crippen LogP) is 3.20. The number of fused-ring (bicyclic) bond motifs is 1. The van der Waals surface area contributed by atoms with Crippen molar-refractivity contribution >= 4 is 11.8 Å². The van der Waals surface area contributed by atoms with Crippen molar-refractivity contribution in [2.75, 3.05) is 19.6 Å². The van der Waals surface area contributed by atoms with Gasteiger partial charge in [-0.15, -0.1) is 11.8 Å². The zero-order valence-electron chi connectivity index (χ0n) is 12.1. The molecule has 2 aliphatic rings. The van der Waals surface area contributed by atoms with E-state index in [1.165, 1.54) is 23.4 Å². The fraction of sp³-hybridized carbons (Fsp3) is 0.625. The van der Waals surface area contributed by atoms with Gasteiger partial charge in [0, 0.05) is 29.8 Å². The Balaban J connectivity index is 1.61. The fourth-order valence-corrected chi connectivity index (χ4v) is 4.74. The summed E-state index contributed by atoms with van der Waals surface area (Å²) in [6.07, 6.45) is 1.56. The Hall–Kier alpha value is -0.510. The quantitative estimate of drug-likeness (QED) is 0.823. The molecule has 0 N–H and O–H groups in total. The predicted molar refractivity (Wildman–Crippen MR) is 80.9 cm³/mol. The fourth-order valence-electron chi connectivity index (χ4n) is 3.37. The van der Waals surface area contributed by atoms with Gasteiger partial charge in [-0.3, -0.25) is 4.90 Å². The molecule has 0 bridgehead atoms. The Kier molecular flexibility index (Phi) is 3.63. The van der Waals surface area contributed by atoms with E-state index in [-0.39, 0.29) is 5.60 Å². The van der Waals surface area contributed by atoms with Gasteiger partial charge in [0.1, 0.15) is 0 Å². The molecule has 0 spiro atoms. The normalized spacial score (nSPS) is 30.3. The van der Waals surface area contributed by atoms with E-state index < -0.39 is 0 Å². The second kappa shape index (κ2) is 5.12. The van der Waals surface area contributed by atoms with E-state index in [1.807, 2.05) is 11.8 Å². The number of hydrogen-bond acceptors (Lipinski definition) is 3. The summed E-state index contributed by atoms with van der Waals surface area (Å²) in [5.74, 6) is 0. The Morgan fingerprint density at radius 1 is 1.37 bits per heavy atom. The van der Waals surface area contributed by atoms with Crippen molar-refractivity contribution < 1.29 is 4.74 Å². The van der Waals surface area contributed by atoms with Gasteiger partial charge in [0.15, 0.2) is 0 Å². The molecule has 1 aromatic rings. The number of benzene rings is 1. The van der Waals surface area contributed by atoms with Crippen molar-refractivity contribution in [3.63, 3.8) is 0 Å². The molecule has 1 saturated heterocycles. The Bertz CT molecular complexity index is 435. The van der Waals surface area contributed by atoms with Gasteiger partial charge in [0.25, 0.3) is 0 Å². The SMILES string of the molecule is CC1CN(CC2Cc3ccccc3S2)CC(C)(C)O1. The number of rotatable bonds is 2. The van der Waals surface area contributed by atoms with E-state index in [1.54, 1.807) is 0 Å². The van der Waals surface area contributed by atoms with Gasteiger partial charge in [0.2, 0.25) is 0 Å². The van der Waals surface area contributed by atoms with E-state index in [0.29, 0.717) is 11.4 Å². The lowest BCUT2D eigenvalue weighted by Crippen LogP contribution is -2.53. The maximum absolute atomic E-state index is 5.98. The molecule has 2 atom stereocenters. The zero-order valence-corrected chi connectivity index (χ0v) is 12.9. The topological polar surface area (TPSA) is 12.5 Å². The summed E-state index contributed by atoms with van der Waals surface area (Å²) >= 11 is 2.05. The maximum atomic E-state index is 5.98. The lowest BCUT2D eigenvalue weighted by atomic mass is 10.0. The third kappa shape index (κ3) is 3.15. The van der Waals surface area contributed by atoms with Gasteiger partial charge >= 0.3 is 0 Å². The third-order valence-corrected chi connectivity index (χ3v) is 5.12.